The normalized spacial score (nSPS) is 12.0. The average molecular weight is 387 g/mol. The highest BCUT2D eigenvalue weighted by Gasteiger charge is 2.21. The number of aryl methyl sites for hydroxylation is 2. The number of halogens is 1. The lowest BCUT2D eigenvalue weighted by molar-refractivity contribution is -0.115. The summed E-state index contributed by atoms with van der Waals surface area (Å²) >= 11 is 7.47. The highest BCUT2D eigenvalue weighted by atomic mass is 35.5. The molecule has 3 aromatic rings. The SMILES string of the molecule is Cc1ccccc1-n1c(C)nnc1SC(C)C(=O)Nc1ccccc1Cl. The maximum atomic E-state index is 12.5. The minimum atomic E-state index is -0.363. The minimum Gasteiger partial charge on any atom is -0.324 e. The van der Waals surface area contributed by atoms with Gasteiger partial charge in [-0.15, -0.1) is 10.2 Å². The molecule has 0 fully saturated rings. The maximum absolute atomic E-state index is 12.5. The summed E-state index contributed by atoms with van der Waals surface area (Å²) in [7, 11) is 0. The van der Waals surface area contributed by atoms with Crippen LogP contribution in [0.1, 0.15) is 18.3 Å². The summed E-state index contributed by atoms with van der Waals surface area (Å²) in [6, 6.07) is 15.2. The second kappa shape index (κ2) is 7.93. The molecule has 1 unspecified atom stereocenters. The Morgan fingerprint density at radius 3 is 2.54 bits per heavy atom. The van der Waals surface area contributed by atoms with Crippen molar-refractivity contribution in [1.29, 1.82) is 0 Å². The van der Waals surface area contributed by atoms with E-state index in [1.165, 1.54) is 11.8 Å². The first kappa shape index (κ1) is 18.5. The molecular formula is C19H19ClN4OS. The highest BCUT2D eigenvalue weighted by Crippen LogP contribution is 2.28. The summed E-state index contributed by atoms with van der Waals surface area (Å²) in [5.41, 5.74) is 2.73. The Morgan fingerprint density at radius 1 is 1.12 bits per heavy atom. The first-order valence-electron chi connectivity index (χ1n) is 8.17. The van der Waals surface area contributed by atoms with Crippen LogP contribution in [-0.4, -0.2) is 25.9 Å². The lowest BCUT2D eigenvalue weighted by atomic mass is 10.2. The zero-order valence-corrected chi connectivity index (χ0v) is 16.3. The number of aromatic nitrogens is 3. The Bertz CT molecular complexity index is 941. The fourth-order valence-corrected chi connectivity index (χ4v) is 3.61. The van der Waals surface area contributed by atoms with E-state index in [1.807, 2.05) is 61.7 Å². The number of carbonyl (C=O) groups excluding carboxylic acids is 1. The van der Waals surface area contributed by atoms with Gasteiger partial charge < -0.3 is 5.32 Å². The zero-order valence-electron chi connectivity index (χ0n) is 14.7. The van der Waals surface area contributed by atoms with Crippen LogP contribution in [0.2, 0.25) is 5.02 Å². The largest absolute Gasteiger partial charge is 0.324 e. The van der Waals surface area contributed by atoms with Gasteiger partial charge in [0.2, 0.25) is 5.91 Å². The second-order valence-electron chi connectivity index (χ2n) is 5.88. The zero-order chi connectivity index (χ0) is 18.7. The van der Waals surface area contributed by atoms with E-state index in [1.54, 1.807) is 12.1 Å². The quantitative estimate of drug-likeness (QED) is 0.648. The number of nitrogens with zero attached hydrogens (tertiary/aromatic N) is 3. The molecule has 1 heterocycles. The number of hydrogen-bond donors (Lipinski definition) is 1. The van der Waals surface area contributed by atoms with Gasteiger partial charge in [-0.2, -0.15) is 0 Å². The number of para-hydroxylation sites is 2. The third-order valence-electron chi connectivity index (χ3n) is 3.93. The van der Waals surface area contributed by atoms with Gasteiger partial charge in [-0.25, -0.2) is 0 Å². The van der Waals surface area contributed by atoms with Crippen LogP contribution in [0.3, 0.4) is 0 Å². The third kappa shape index (κ3) is 3.92. The molecule has 26 heavy (non-hydrogen) atoms. The van der Waals surface area contributed by atoms with Crippen molar-refractivity contribution in [3.05, 3.63) is 64.9 Å². The standard InChI is InChI=1S/C19H19ClN4OS/c1-12-8-4-7-11-17(12)24-14(3)22-23-19(24)26-13(2)18(25)21-16-10-6-5-9-15(16)20/h4-11,13H,1-3H3,(H,21,25). The number of benzene rings is 2. The van der Waals surface area contributed by atoms with Gasteiger partial charge in [0.25, 0.3) is 0 Å². The van der Waals surface area contributed by atoms with Crippen molar-refractivity contribution in [2.45, 2.75) is 31.2 Å². The van der Waals surface area contributed by atoms with E-state index in [9.17, 15) is 4.79 Å². The predicted octanol–water partition coefficient (Wildman–Crippen LogP) is 4.66. The van der Waals surface area contributed by atoms with Crippen molar-refractivity contribution in [2.24, 2.45) is 0 Å². The second-order valence-corrected chi connectivity index (χ2v) is 7.60. The van der Waals surface area contributed by atoms with Gasteiger partial charge in [-0.3, -0.25) is 9.36 Å². The van der Waals surface area contributed by atoms with Crippen LogP contribution in [0, 0.1) is 13.8 Å². The molecule has 0 saturated heterocycles. The number of rotatable bonds is 5. The van der Waals surface area contributed by atoms with Crippen LogP contribution < -0.4 is 5.32 Å². The van der Waals surface area contributed by atoms with E-state index in [-0.39, 0.29) is 11.2 Å². The molecule has 7 heteroatoms. The molecule has 0 bridgehead atoms. The van der Waals surface area contributed by atoms with E-state index in [2.05, 4.69) is 15.5 Å². The number of anilines is 1. The first-order chi connectivity index (χ1) is 12.5. The van der Waals surface area contributed by atoms with Gasteiger partial charge in [-0.1, -0.05) is 53.7 Å². The smallest absolute Gasteiger partial charge is 0.237 e. The average Bonchev–Trinajstić information content (AvgIpc) is 2.97. The monoisotopic (exact) mass is 386 g/mol. The topological polar surface area (TPSA) is 59.8 Å². The van der Waals surface area contributed by atoms with Crippen molar-refractivity contribution in [1.82, 2.24) is 14.8 Å². The third-order valence-corrected chi connectivity index (χ3v) is 5.31. The molecular weight excluding hydrogens is 368 g/mol. The van der Waals surface area contributed by atoms with Gasteiger partial charge in [-0.05, 0) is 44.5 Å². The minimum absolute atomic E-state index is 0.139. The Labute approximate surface area is 161 Å². The fraction of sp³-hybridized carbons (Fsp3) is 0.211. The van der Waals surface area contributed by atoms with E-state index < -0.39 is 0 Å². The van der Waals surface area contributed by atoms with Gasteiger partial charge in [0.05, 0.1) is 21.6 Å². The van der Waals surface area contributed by atoms with Crippen LogP contribution in [0.4, 0.5) is 5.69 Å². The number of amides is 1. The Balaban J connectivity index is 1.80. The summed E-state index contributed by atoms with van der Waals surface area (Å²) < 4.78 is 1.97. The molecule has 1 amide bonds. The number of nitrogens with one attached hydrogen (secondary N) is 1. The van der Waals surface area contributed by atoms with Crippen molar-refractivity contribution in [3.63, 3.8) is 0 Å². The summed E-state index contributed by atoms with van der Waals surface area (Å²) in [4.78, 5) is 12.5. The number of thioether (sulfide) groups is 1. The molecule has 134 valence electrons. The highest BCUT2D eigenvalue weighted by molar-refractivity contribution is 8.00. The fourth-order valence-electron chi connectivity index (χ4n) is 2.52. The number of carbonyl (C=O) groups is 1. The predicted molar refractivity (Wildman–Crippen MR) is 106 cm³/mol. The van der Waals surface area contributed by atoms with E-state index in [0.29, 0.717) is 15.9 Å². The Hall–Kier alpha value is -2.31. The van der Waals surface area contributed by atoms with Gasteiger partial charge in [0.15, 0.2) is 5.16 Å². The van der Waals surface area contributed by atoms with Crippen molar-refractivity contribution >= 4 is 35.0 Å². The molecule has 5 nitrogen and oxygen atoms in total. The molecule has 0 aliphatic rings. The molecule has 0 spiro atoms. The van der Waals surface area contributed by atoms with Crippen LogP contribution in [0.5, 0.6) is 0 Å². The molecule has 0 saturated carbocycles. The van der Waals surface area contributed by atoms with E-state index >= 15 is 0 Å². The van der Waals surface area contributed by atoms with Crippen molar-refractivity contribution in [2.75, 3.05) is 5.32 Å². The molecule has 0 radical (unpaired) electrons. The molecule has 0 aliphatic heterocycles. The summed E-state index contributed by atoms with van der Waals surface area (Å²) in [5.74, 6) is 0.639. The first-order valence-corrected chi connectivity index (χ1v) is 9.43. The molecule has 0 aliphatic carbocycles. The number of hydrogen-bond acceptors (Lipinski definition) is 4. The van der Waals surface area contributed by atoms with Crippen molar-refractivity contribution < 1.29 is 4.79 Å². The molecule has 1 N–H and O–H groups in total. The summed E-state index contributed by atoms with van der Waals surface area (Å²) in [6.07, 6.45) is 0. The van der Waals surface area contributed by atoms with Gasteiger partial charge in [0, 0.05) is 0 Å². The van der Waals surface area contributed by atoms with E-state index in [4.69, 9.17) is 11.6 Å². The molecule has 2 aromatic carbocycles. The van der Waals surface area contributed by atoms with Gasteiger partial charge in [0.1, 0.15) is 5.82 Å². The summed E-state index contributed by atoms with van der Waals surface area (Å²) in [6.45, 7) is 5.78. The summed E-state index contributed by atoms with van der Waals surface area (Å²) in [5, 5.41) is 12.1. The van der Waals surface area contributed by atoms with Gasteiger partial charge >= 0.3 is 0 Å². The maximum Gasteiger partial charge on any atom is 0.237 e. The Kier molecular flexibility index (Phi) is 5.64. The van der Waals surface area contributed by atoms with E-state index in [0.717, 1.165) is 17.1 Å². The molecule has 1 atom stereocenters. The van der Waals surface area contributed by atoms with Crippen molar-refractivity contribution in [3.8, 4) is 5.69 Å². The lowest BCUT2D eigenvalue weighted by Gasteiger charge is -2.15. The lowest BCUT2D eigenvalue weighted by Crippen LogP contribution is -2.23. The van der Waals surface area contributed by atoms with Crippen LogP contribution in [-0.2, 0) is 4.79 Å². The Morgan fingerprint density at radius 2 is 1.81 bits per heavy atom. The van der Waals surface area contributed by atoms with Crippen LogP contribution >= 0.6 is 23.4 Å². The van der Waals surface area contributed by atoms with Crippen LogP contribution in [0.15, 0.2) is 53.7 Å². The molecule has 1 aromatic heterocycles. The van der Waals surface area contributed by atoms with Crippen LogP contribution in [0.25, 0.3) is 5.69 Å². The molecule has 3 rings (SSSR count).